The van der Waals surface area contributed by atoms with E-state index in [-0.39, 0.29) is 0 Å². The molecule has 0 unspecified atom stereocenters. The second-order valence-electron chi connectivity index (χ2n) is 4.32. The number of rotatable bonds is 2. The van der Waals surface area contributed by atoms with E-state index in [4.69, 9.17) is 0 Å². The Labute approximate surface area is 96.1 Å². The Hall–Kier alpha value is -1.38. The van der Waals surface area contributed by atoms with Gasteiger partial charge in [-0.2, -0.15) is 0 Å². The zero-order chi connectivity index (χ0) is 11.1. The SMILES string of the molecule is CN[C@H]1C2=CC=CC2=C2C=CC=C2[C@@H]1NC. The van der Waals surface area contributed by atoms with Gasteiger partial charge in [-0.05, 0) is 36.4 Å². The van der Waals surface area contributed by atoms with Gasteiger partial charge in [-0.1, -0.05) is 36.5 Å². The summed E-state index contributed by atoms with van der Waals surface area (Å²) in [7, 11) is 4.06. The van der Waals surface area contributed by atoms with Crippen molar-refractivity contribution in [3.05, 3.63) is 58.7 Å². The van der Waals surface area contributed by atoms with Crippen molar-refractivity contribution in [2.75, 3.05) is 14.1 Å². The fraction of sp³-hybridized carbons (Fsp3) is 0.286. The summed E-state index contributed by atoms with van der Waals surface area (Å²) >= 11 is 0. The molecule has 2 heteroatoms. The molecule has 3 aliphatic rings. The van der Waals surface area contributed by atoms with Gasteiger partial charge in [-0.15, -0.1) is 0 Å². The van der Waals surface area contributed by atoms with Crippen LogP contribution < -0.4 is 10.6 Å². The van der Waals surface area contributed by atoms with Crippen molar-refractivity contribution in [2.45, 2.75) is 12.1 Å². The number of fused-ring (bicyclic) bond motifs is 2. The summed E-state index contributed by atoms with van der Waals surface area (Å²) in [6, 6.07) is 0.731. The van der Waals surface area contributed by atoms with Crippen LogP contribution in [0.4, 0.5) is 0 Å². The third-order valence-electron chi connectivity index (χ3n) is 3.61. The fourth-order valence-electron chi connectivity index (χ4n) is 2.90. The van der Waals surface area contributed by atoms with Crippen LogP contribution in [-0.2, 0) is 0 Å². The molecule has 0 aromatic heterocycles. The molecule has 2 atom stereocenters. The lowest BCUT2D eigenvalue weighted by Gasteiger charge is -2.35. The van der Waals surface area contributed by atoms with Crippen LogP contribution in [0.2, 0.25) is 0 Å². The van der Waals surface area contributed by atoms with E-state index in [0.29, 0.717) is 12.1 Å². The van der Waals surface area contributed by atoms with Gasteiger partial charge >= 0.3 is 0 Å². The van der Waals surface area contributed by atoms with Crippen molar-refractivity contribution in [2.24, 2.45) is 0 Å². The van der Waals surface area contributed by atoms with E-state index in [1.165, 1.54) is 22.3 Å². The first-order chi connectivity index (χ1) is 7.86. The Bertz CT molecular complexity index is 431. The van der Waals surface area contributed by atoms with Gasteiger partial charge in [-0.25, -0.2) is 0 Å². The number of likely N-dealkylation sites (N-methyl/N-ethyl adjacent to an activating group) is 2. The van der Waals surface area contributed by atoms with Crippen LogP contribution in [0.3, 0.4) is 0 Å². The summed E-state index contributed by atoms with van der Waals surface area (Å²) in [6.45, 7) is 0. The summed E-state index contributed by atoms with van der Waals surface area (Å²) in [5.41, 5.74) is 5.57. The van der Waals surface area contributed by atoms with E-state index in [9.17, 15) is 0 Å². The van der Waals surface area contributed by atoms with Crippen LogP contribution in [0, 0.1) is 0 Å². The molecular weight excluding hydrogens is 196 g/mol. The Morgan fingerprint density at radius 2 is 1.25 bits per heavy atom. The van der Waals surface area contributed by atoms with Gasteiger partial charge in [0.05, 0.1) is 12.1 Å². The van der Waals surface area contributed by atoms with Crippen LogP contribution in [0.5, 0.6) is 0 Å². The van der Waals surface area contributed by atoms with Crippen LogP contribution in [0.15, 0.2) is 58.7 Å². The zero-order valence-corrected chi connectivity index (χ0v) is 9.62. The standard InChI is InChI=1S/C14H16N2/c1-15-13-11-7-3-5-9(11)10-6-4-8-12(10)14(13)16-2/h3-8,13-16H,1-2H3/t13-,14-/m0/s1. The molecule has 16 heavy (non-hydrogen) atoms. The number of nitrogens with one attached hydrogen (secondary N) is 2. The molecule has 0 bridgehead atoms. The molecule has 0 amide bonds. The van der Waals surface area contributed by atoms with E-state index in [1.807, 2.05) is 14.1 Å². The van der Waals surface area contributed by atoms with Crippen molar-refractivity contribution in [3.8, 4) is 0 Å². The maximum atomic E-state index is 3.42. The molecule has 0 spiro atoms. The average Bonchev–Trinajstić information content (AvgIpc) is 2.93. The first kappa shape index (κ1) is 9.82. The molecule has 3 rings (SSSR count). The topological polar surface area (TPSA) is 24.1 Å². The molecule has 0 saturated heterocycles. The van der Waals surface area contributed by atoms with Crippen LogP contribution in [0.1, 0.15) is 0 Å². The van der Waals surface area contributed by atoms with Gasteiger partial charge in [0.25, 0.3) is 0 Å². The largest absolute Gasteiger partial charge is 0.311 e. The summed E-state index contributed by atoms with van der Waals surface area (Å²) in [5.74, 6) is 0. The fourth-order valence-corrected chi connectivity index (χ4v) is 2.90. The Kier molecular flexibility index (Phi) is 2.20. The van der Waals surface area contributed by atoms with Crippen LogP contribution in [-0.4, -0.2) is 26.2 Å². The minimum absolute atomic E-state index is 0.366. The third kappa shape index (κ3) is 1.14. The highest BCUT2D eigenvalue weighted by Gasteiger charge is 2.35. The molecule has 0 aromatic rings. The van der Waals surface area contributed by atoms with E-state index < -0.39 is 0 Å². The molecule has 0 radical (unpaired) electrons. The Morgan fingerprint density at radius 3 is 1.62 bits per heavy atom. The molecule has 2 nitrogen and oxygen atoms in total. The second-order valence-corrected chi connectivity index (χ2v) is 4.32. The molecule has 0 aromatic carbocycles. The molecule has 0 fully saturated rings. The van der Waals surface area contributed by atoms with Crippen molar-refractivity contribution >= 4 is 0 Å². The molecule has 3 aliphatic carbocycles. The lowest BCUT2D eigenvalue weighted by Crippen LogP contribution is -2.49. The quantitative estimate of drug-likeness (QED) is 0.724. The van der Waals surface area contributed by atoms with Crippen molar-refractivity contribution in [3.63, 3.8) is 0 Å². The van der Waals surface area contributed by atoms with Gasteiger partial charge in [0, 0.05) is 0 Å². The molecule has 2 N–H and O–H groups in total. The minimum atomic E-state index is 0.366. The molecule has 0 saturated carbocycles. The highest BCUT2D eigenvalue weighted by Crippen LogP contribution is 2.39. The van der Waals surface area contributed by atoms with E-state index in [2.05, 4.69) is 47.1 Å². The van der Waals surface area contributed by atoms with Crippen LogP contribution in [0.25, 0.3) is 0 Å². The van der Waals surface area contributed by atoms with Crippen LogP contribution >= 0.6 is 0 Å². The lowest BCUT2D eigenvalue weighted by molar-refractivity contribution is 0.496. The first-order valence-corrected chi connectivity index (χ1v) is 5.73. The highest BCUT2D eigenvalue weighted by molar-refractivity contribution is 5.69. The summed E-state index contributed by atoms with van der Waals surface area (Å²) < 4.78 is 0. The summed E-state index contributed by atoms with van der Waals surface area (Å²) in [4.78, 5) is 0. The molecule has 82 valence electrons. The molecule has 0 aliphatic heterocycles. The first-order valence-electron chi connectivity index (χ1n) is 5.73. The van der Waals surface area contributed by atoms with E-state index >= 15 is 0 Å². The highest BCUT2D eigenvalue weighted by atomic mass is 15.0. The van der Waals surface area contributed by atoms with E-state index in [0.717, 1.165) is 0 Å². The maximum absolute atomic E-state index is 3.42. The lowest BCUT2D eigenvalue weighted by atomic mass is 9.79. The van der Waals surface area contributed by atoms with Gasteiger partial charge in [0.2, 0.25) is 0 Å². The number of hydrogen-bond acceptors (Lipinski definition) is 2. The predicted octanol–water partition coefficient (Wildman–Crippen LogP) is 1.46. The Morgan fingerprint density at radius 1 is 0.812 bits per heavy atom. The monoisotopic (exact) mass is 212 g/mol. The minimum Gasteiger partial charge on any atom is -0.311 e. The maximum Gasteiger partial charge on any atom is 0.0522 e. The number of allylic oxidation sites excluding steroid dienone is 6. The molecular formula is C14H16N2. The predicted molar refractivity (Wildman–Crippen MR) is 67.2 cm³/mol. The summed E-state index contributed by atoms with van der Waals surface area (Å²) in [6.07, 6.45) is 13.1. The normalized spacial score (nSPS) is 30.4. The van der Waals surface area contributed by atoms with Gasteiger partial charge in [-0.3, -0.25) is 0 Å². The van der Waals surface area contributed by atoms with Crippen molar-refractivity contribution < 1.29 is 0 Å². The number of hydrogen-bond donors (Lipinski definition) is 2. The van der Waals surface area contributed by atoms with Gasteiger partial charge in [0.15, 0.2) is 0 Å². The zero-order valence-electron chi connectivity index (χ0n) is 9.62. The average molecular weight is 212 g/mol. The van der Waals surface area contributed by atoms with Gasteiger partial charge in [0.1, 0.15) is 0 Å². The van der Waals surface area contributed by atoms with Crippen molar-refractivity contribution in [1.29, 1.82) is 0 Å². The van der Waals surface area contributed by atoms with E-state index in [1.54, 1.807) is 0 Å². The smallest absolute Gasteiger partial charge is 0.0522 e. The summed E-state index contributed by atoms with van der Waals surface area (Å²) in [5, 5.41) is 6.83. The van der Waals surface area contributed by atoms with Crippen molar-refractivity contribution in [1.82, 2.24) is 10.6 Å². The third-order valence-corrected chi connectivity index (χ3v) is 3.61. The second kappa shape index (κ2) is 3.58. The van der Waals surface area contributed by atoms with Gasteiger partial charge < -0.3 is 10.6 Å². The Balaban J connectivity index is 2.17. The molecule has 0 heterocycles.